The molecule has 0 bridgehead atoms. The molecule has 70 valence electrons. The molecule has 0 aromatic carbocycles. The second-order valence-corrected chi connectivity index (χ2v) is 3.88. The van der Waals surface area contributed by atoms with Crippen LogP contribution in [-0.4, -0.2) is 15.8 Å². The van der Waals surface area contributed by atoms with Crippen LogP contribution in [0.5, 0.6) is 0 Å². The van der Waals surface area contributed by atoms with Gasteiger partial charge in [0.2, 0.25) is 5.78 Å². The standard InChI is InChI=1S/C10H8N2OS/c1-7-12-9(6-14-7)10(13)8-2-4-11-5-3-8/h2-6H,1H3. The topological polar surface area (TPSA) is 42.9 Å². The number of rotatable bonds is 2. The van der Waals surface area contributed by atoms with Crippen LogP contribution in [0.15, 0.2) is 29.9 Å². The number of hydrogen-bond acceptors (Lipinski definition) is 4. The normalized spacial score (nSPS) is 10.1. The summed E-state index contributed by atoms with van der Waals surface area (Å²) in [6.45, 7) is 1.88. The van der Waals surface area contributed by atoms with Crippen molar-refractivity contribution in [3.8, 4) is 0 Å². The quantitative estimate of drug-likeness (QED) is 0.703. The zero-order valence-electron chi connectivity index (χ0n) is 7.60. The van der Waals surface area contributed by atoms with Gasteiger partial charge in [0.25, 0.3) is 0 Å². The molecule has 3 nitrogen and oxygen atoms in total. The lowest BCUT2D eigenvalue weighted by molar-refractivity contribution is 0.103. The van der Waals surface area contributed by atoms with Crippen molar-refractivity contribution in [2.24, 2.45) is 0 Å². The highest BCUT2D eigenvalue weighted by Gasteiger charge is 2.11. The van der Waals surface area contributed by atoms with Gasteiger partial charge in [0.15, 0.2) is 0 Å². The highest BCUT2D eigenvalue weighted by Crippen LogP contribution is 2.12. The molecule has 14 heavy (non-hydrogen) atoms. The summed E-state index contributed by atoms with van der Waals surface area (Å²) in [7, 11) is 0. The van der Waals surface area contributed by atoms with Gasteiger partial charge in [0.05, 0.1) is 5.01 Å². The minimum atomic E-state index is -0.0447. The maximum absolute atomic E-state index is 11.8. The molecule has 0 aliphatic carbocycles. The fourth-order valence-electron chi connectivity index (χ4n) is 1.12. The molecule has 0 unspecified atom stereocenters. The first-order chi connectivity index (χ1) is 6.77. The van der Waals surface area contributed by atoms with Crippen LogP contribution in [0.4, 0.5) is 0 Å². The first kappa shape index (κ1) is 9.02. The maximum atomic E-state index is 11.8. The van der Waals surface area contributed by atoms with Crippen LogP contribution in [0.1, 0.15) is 21.1 Å². The third-order valence-corrected chi connectivity index (χ3v) is 2.57. The van der Waals surface area contributed by atoms with Crippen molar-refractivity contribution < 1.29 is 4.79 Å². The summed E-state index contributed by atoms with van der Waals surface area (Å²) in [5.74, 6) is -0.0447. The summed E-state index contributed by atoms with van der Waals surface area (Å²) in [5.41, 5.74) is 1.14. The molecule has 0 aliphatic heterocycles. The summed E-state index contributed by atoms with van der Waals surface area (Å²) in [5, 5.41) is 2.68. The van der Waals surface area contributed by atoms with Gasteiger partial charge in [-0.25, -0.2) is 4.98 Å². The van der Waals surface area contributed by atoms with Crippen LogP contribution in [0, 0.1) is 6.92 Å². The van der Waals surface area contributed by atoms with Gasteiger partial charge in [-0.2, -0.15) is 0 Å². The Labute approximate surface area is 85.5 Å². The smallest absolute Gasteiger partial charge is 0.212 e. The molecule has 0 N–H and O–H groups in total. The van der Waals surface area contributed by atoms with Crippen molar-refractivity contribution in [3.63, 3.8) is 0 Å². The Morgan fingerprint density at radius 3 is 2.64 bits per heavy atom. The van der Waals surface area contributed by atoms with Crippen molar-refractivity contribution in [1.29, 1.82) is 0 Å². The number of aryl methyl sites for hydroxylation is 1. The molecule has 2 rings (SSSR count). The van der Waals surface area contributed by atoms with Crippen LogP contribution in [0.3, 0.4) is 0 Å². The Balaban J connectivity index is 2.34. The average molecular weight is 204 g/mol. The van der Waals surface area contributed by atoms with Gasteiger partial charge in [0.1, 0.15) is 5.69 Å². The van der Waals surface area contributed by atoms with E-state index in [2.05, 4.69) is 9.97 Å². The van der Waals surface area contributed by atoms with Gasteiger partial charge in [0, 0.05) is 23.3 Å². The number of aromatic nitrogens is 2. The summed E-state index contributed by atoms with van der Waals surface area (Å²) in [6.07, 6.45) is 3.21. The predicted molar refractivity (Wildman–Crippen MR) is 54.5 cm³/mol. The largest absolute Gasteiger partial charge is 0.287 e. The molecular weight excluding hydrogens is 196 g/mol. The molecule has 0 fully saturated rings. The van der Waals surface area contributed by atoms with E-state index in [0.717, 1.165) is 5.01 Å². The molecule has 0 spiro atoms. The highest BCUT2D eigenvalue weighted by atomic mass is 32.1. The highest BCUT2D eigenvalue weighted by molar-refractivity contribution is 7.09. The molecule has 0 atom stereocenters. The molecule has 0 radical (unpaired) electrons. The molecule has 2 aromatic heterocycles. The fraction of sp³-hybridized carbons (Fsp3) is 0.100. The van der Waals surface area contributed by atoms with Crippen LogP contribution < -0.4 is 0 Å². The molecule has 2 aromatic rings. The Morgan fingerprint density at radius 2 is 2.07 bits per heavy atom. The van der Waals surface area contributed by atoms with Gasteiger partial charge in [-0.1, -0.05) is 0 Å². The van der Waals surface area contributed by atoms with E-state index >= 15 is 0 Å². The average Bonchev–Trinajstić information content (AvgIpc) is 2.65. The van der Waals surface area contributed by atoms with E-state index in [1.807, 2.05) is 6.92 Å². The molecule has 0 amide bonds. The number of pyridine rings is 1. The third-order valence-electron chi connectivity index (χ3n) is 1.79. The lowest BCUT2D eigenvalue weighted by Crippen LogP contribution is -2.01. The van der Waals surface area contributed by atoms with Crippen LogP contribution in [-0.2, 0) is 0 Å². The molecule has 0 saturated heterocycles. The number of ketones is 1. The number of hydrogen-bond donors (Lipinski definition) is 0. The van der Waals surface area contributed by atoms with E-state index in [4.69, 9.17) is 0 Å². The second-order valence-electron chi connectivity index (χ2n) is 2.82. The molecular formula is C10H8N2OS. The minimum Gasteiger partial charge on any atom is -0.287 e. The number of carbonyl (C=O) groups is 1. The number of nitrogens with zero attached hydrogens (tertiary/aromatic N) is 2. The van der Waals surface area contributed by atoms with E-state index in [-0.39, 0.29) is 5.78 Å². The van der Waals surface area contributed by atoms with Crippen molar-refractivity contribution in [2.75, 3.05) is 0 Å². The van der Waals surface area contributed by atoms with Gasteiger partial charge in [-0.05, 0) is 19.1 Å². The SMILES string of the molecule is Cc1nc(C(=O)c2ccncc2)cs1. The van der Waals surface area contributed by atoms with E-state index in [1.165, 1.54) is 11.3 Å². The molecule has 0 saturated carbocycles. The first-order valence-corrected chi connectivity index (χ1v) is 5.02. The fourth-order valence-corrected chi connectivity index (χ4v) is 1.71. The Hall–Kier alpha value is -1.55. The van der Waals surface area contributed by atoms with Crippen molar-refractivity contribution in [2.45, 2.75) is 6.92 Å². The number of thiazole rings is 1. The summed E-state index contributed by atoms with van der Waals surface area (Å²) >= 11 is 1.48. The van der Waals surface area contributed by atoms with Gasteiger partial charge < -0.3 is 0 Å². The molecule has 4 heteroatoms. The molecule has 2 heterocycles. The Bertz CT molecular complexity index is 450. The first-order valence-electron chi connectivity index (χ1n) is 4.14. The molecule has 0 aliphatic rings. The maximum Gasteiger partial charge on any atom is 0.212 e. The van der Waals surface area contributed by atoms with E-state index < -0.39 is 0 Å². The lowest BCUT2D eigenvalue weighted by Gasteiger charge is -1.94. The van der Waals surface area contributed by atoms with Gasteiger partial charge in [-0.3, -0.25) is 9.78 Å². The van der Waals surface area contributed by atoms with E-state index in [9.17, 15) is 4.79 Å². The monoisotopic (exact) mass is 204 g/mol. The zero-order valence-corrected chi connectivity index (χ0v) is 8.41. The van der Waals surface area contributed by atoms with E-state index in [1.54, 1.807) is 29.9 Å². The van der Waals surface area contributed by atoms with Gasteiger partial charge >= 0.3 is 0 Å². The van der Waals surface area contributed by atoms with Crippen molar-refractivity contribution >= 4 is 17.1 Å². The Kier molecular flexibility index (Phi) is 2.37. The third kappa shape index (κ3) is 1.70. The predicted octanol–water partition coefficient (Wildman–Crippen LogP) is 2.08. The zero-order chi connectivity index (χ0) is 9.97. The van der Waals surface area contributed by atoms with Gasteiger partial charge in [-0.15, -0.1) is 11.3 Å². The summed E-state index contributed by atoms with van der Waals surface area (Å²) < 4.78 is 0. The minimum absolute atomic E-state index is 0.0447. The number of carbonyl (C=O) groups excluding carboxylic acids is 1. The van der Waals surface area contributed by atoms with E-state index in [0.29, 0.717) is 11.3 Å². The van der Waals surface area contributed by atoms with Crippen molar-refractivity contribution in [3.05, 3.63) is 46.2 Å². The summed E-state index contributed by atoms with van der Waals surface area (Å²) in [6, 6.07) is 3.38. The van der Waals surface area contributed by atoms with Crippen LogP contribution >= 0.6 is 11.3 Å². The van der Waals surface area contributed by atoms with Crippen LogP contribution in [0.25, 0.3) is 0 Å². The van der Waals surface area contributed by atoms with Crippen LogP contribution in [0.2, 0.25) is 0 Å². The second kappa shape index (κ2) is 3.67. The Morgan fingerprint density at radius 1 is 1.36 bits per heavy atom. The lowest BCUT2D eigenvalue weighted by atomic mass is 10.1. The van der Waals surface area contributed by atoms with Crippen molar-refractivity contribution in [1.82, 2.24) is 9.97 Å². The summed E-state index contributed by atoms with van der Waals surface area (Å²) in [4.78, 5) is 19.8.